The van der Waals surface area contributed by atoms with E-state index in [1.807, 2.05) is 13.0 Å². The second kappa shape index (κ2) is 7.91. The monoisotopic (exact) mass is 374 g/mol. The number of allylic oxidation sites excluding steroid dienone is 2. The lowest BCUT2D eigenvalue weighted by Crippen LogP contribution is -2.54. The highest BCUT2D eigenvalue weighted by atomic mass is 16.5. The summed E-state index contributed by atoms with van der Waals surface area (Å²) in [6.07, 6.45) is 14.4. The molecule has 154 valence electrons. The van der Waals surface area contributed by atoms with Crippen molar-refractivity contribution < 1.29 is 9.53 Å². The molecule has 0 heterocycles. The third-order valence-corrected chi connectivity index (χ3v) is 9.43. The molecular weight excluding hydrogens is 332 g/mol. The van der Waals surface area contributed by atoms with E-state index in [1.165, 1.54) is 58.3 Å². The number of carbonyl (C=O) groups excluding carboxylic acids is 1. The first-order valence-electron chi connectivity index (χ1n) is 11.6. The van der Waals surface area contributed by atoms with Crippen LogP contribution in [-0.4, -0.2) is 5.97 Å². The fourth-order valence-electron chi connectivity index (χ4n) is 7.78. The summed E-state index contributed by atoms with van der Waals surface area (Å²) in [5, 5.41) is 0. The predicted octanol–water partition coefficient (Wildman–Crippen LogP) is 7.14. The minimum absolute atomic E-state index is 0.179. The number of ether oxygens (including phenoxy) is 1. The van der Waals surface area contributed by atoms with Crippen molar-refractivity contribution in [1.82, 2.24) is 0 Å². The molecule has 0 N–H and O–H groups in total. The van der Waals surface area contributed by atoms with Gasteiger partial charge in [0.15, 0.2) is 0 Å². The maximum Gasteiger partial charge on any atom is 0.307 e. The van der Waals surface area contributed by atoms with Crippen LogP contribution in [0.4, 0.5) is 0 Å². The quantitative estimate of drug-likeness (QED) is 0.386. The number of carbonyl (C=O) groups is 1. The van der Waals surface area contributed by atoms with Crippen LogP contribution in [0.1, 0.15) is 99.3 Å². The molecule has 7 atom stereocenters. The molecule has 3 rings (SSSR count). The fraction of sp³-hybridized carbons (Fsp3) is 0.880. The van der Waals surface area contributed by atoms with Gasteiger partial charge in [-0.25, -0.2) is 0 Å². The van der Waals surface area contributed by atoms with Crippen molar-refractivity contribution in [2.24, 2.45) is 40.4 Å². The lowest BCUT2D eigenvalue weighted by molar-refractivity contribution is -0.142. The Morgan fingerprint density at radius 1 is 1.15 bits per heavy atom. The first-order valence-corrected chi connectivity index (χ1v) is 11.6. The Kier molecular flexibility index (Phi) is 6.14. The molecule has 0 radical (unpaired) electrons. The Bertz CT molecular complexity index is 579. The third kappa shape index (κ3) is 3.51. The van der Waals surface area contributed by atoms with Gasteiger partial charge >= 0.3 is 5.97 Å². The van der Waals surface area contributed by atoms with Crippen LogP contribution in [0.2, 0.25) is 0 Å². The summed E-state index contributed by atoms with van der Waals surface area (Å²) >= 11 is 0. The maximum absolute atomic E-state index is 11.7. The first-order chi connectivity index (χ1) is 12.8. The molecule has 0 aromatic rings. The zero-order valence-corrected chi connectivity index (χ0v) is 18.6. The van der Waals surface area contributed by atoms with E-state index < -0.39 is 0 Å². The number of rotatable bonds is 4. The van der Waals surface area contributed by atoms with E-state index in [1.54, 1.807) is 0 Å². The van der Waals surface area contributed by atoms with Gasteiger partial charge < -0.3 is 4.74 Å². The van der Waals surface area contributed by atoms with Crippen LogP contribution in [0.5, 0.6) is 0 Å². The Morgan fingerprint density at radius 2 is 1.89 bits per heavy atom. The van der Waals surface area contributed by atoms with Gasteiger partial charge in [-0.3, -0.25) is 4.79 Å². The number of fused-ring (bicyclic) bond motifs is 3. The maximum atomic E-state index is 11.7. The minimum atomic E-state index is -0.179. The molecule has 27 heavy (non-hydrogen) atoms. The van der Waals surface area contributed by atoms with Crippen molar-refractivity contribution in [1.29, 1.82) is 0 Å². The molecule has 3 aliphatic carbocycles. The summed E-state index contributed by atoms with van der Waals surface area (Å²) in [6.45, 7) is 13.5. The summed E-state index contributed by atoms with van der Waals surface area (Å²) in [5.41, 5.74) is 0.808. The van der Waals surface area contributed by atoms with Gasteiger partial charge in [0.1, 0.15) is 5.76 Å². The molecule has 0 aromatic heterocycles. The van der Waals surface area contributed by atoms with Gasteiger partial charge in [0.25, 0.3) is 0 Å². The van der Waals surface area contributed by atoms with Gasteiger partial charge in [-0.2, -0.15) is 0 Å². The van der Waals surface area contributed by atoms with Crippen molar-refractivity contribution in [2.75, 3.05) is 0 Å². The summed E-state index contributed by atoms with van der Waals surface area (Å²) in [6, 6.07) is 0. The lowest BCUT2D eigenvalue weighted by Gasteiger charge is -2.61. The summed E-state index contributed by atoms with van der Waals surface area (Å²) in [5.74, 6) is 4.48. The molecule has 0 aliphatic heterocycles. The zero-order valence-electron chi connectivity index (χ0n) is 18.6. The smallest absolute Gasteiger partial charge is 0.307 e. The Labute approximate surface area is 167 Å². The second-order valence-electron chi connectivity index (χ2n) is 10.4. The molecular formula is C25H42O2. The van der Waals surface area contributed by atoms with Crippen molar-refractivity contribution >= 4 is 5.97 Å². The number of hydrogen-bond donors (Lipinski definition) is 0. The van der Waals surface area contributed by atoms with Crippen molar-refractivity contribution in [3.8, 4) is 0 Å². The first kappa shape index (κ1) is 20.9. The van der Waals surface area contributed by atoms with Crippen molar-refractivity contribution in [3.05, 3.63) is 11.8 Å². The molecule has 3 saturated carbocycles. The topological polar surface area (TPSA) is 26.3 Å². The Hall–Kier alpha value is -0.790. The van der Waals surface area contributed by atoms with Crippen molar-refractivity contribution in [2.45, 2.75) is 99.3 Å². The molecule has 0 aromatic carbocycles. The van der Waals surface area contributed by atoms with Crippen LogP contribution >= 0.6 is 0 Å². The molecule has 2 nitrogen and oxygen atoms in total. The summed E-state index contributed by atoms with van der Waals surface area (Å²) < 4.78 is 5.68. The average Bonchev–Trinajstić information content (AvgIpc) is 2.63. The minimum Gasteiger partial charge on any atom is -0.431 e. The molecule has 0 bridgehead atoms. The van der Waals surface area contributed by atoms with Crippen LogP contribution in [-0.2, 0) is 9.53 Å². The van der Waals surface area contributed by atoms with Gasteiger partial charge in [0, 0.05) is 12.8 Å². The van der Waals surface area contributed by atoms with Gasteiger partial charge in [0.2, 0.25) is 0 Å². The van der Waals surface area contributed by atoms with Crippen LogP contribution in [0.25, 0.3) is 0 Å². The standard InChI is InChI=1S/C25H42O2/c1-7-21(23(8-2)27-18(4)26)24(5)16-14-22-20(17(24)3)13-12-19-11-9-10-15-25(19,22)6/h8,17,19-22H,7,9-16H2,1-6H3/b23-8+. The molecule has 3 aliphatic rings. The summed E-state index contributed by atoms with van der Waals surface area (Å²) in [7, 11) is 0. The molecule has 0 spiro atoms. The SMILES string of the molecule is C/C=C(/OC(C)=O)C(CC)C1(C)CCC2C(CCC3CCCCC32C)C1C. The van der Waals surface area contributed by atoms with Gasteiger partial charge in [-0.1, -0.05) is 40.5 Å². The molecule has 7 unspecified atom stereocenters. The molecule has 0 saturated heterocycles. The van der Waals surface area contributed by atoms with E-state index in [9.17, 15) is 4.79 Å². The van der Waals surface area contributed by atoms with Crippen LogP contribution in [0.3, 0.4) is 0 Å². The summed E-state index contributed by atoms with van der Waals surface area (Å²) in [4.78, 5) is 11.7. The zero-order chi connectivity index (χ0) is 19.8. The van der Waals surface area contributed by atoms with Gasteiger partial charge in [0.05, 0.1) is 0 Å². The van der Waals surface area contributed by atoms with E-state index >= 15 is 0 Å². The largest absolute Gasteiger partial charge is 0.431 e. The van der Waals surface area contributed by atoms with Crippen LogP contribution in [0, 0.1) is 40.4 Å². The van der Waals surface area contributed by atoms with E-state index in [-0.39, 0.29) is 11.4 Å². The number of esters is 1. The van der Waals surface area contributed by atoms with Gasteiger partial charge in [-0.15, -0.1) is 0 Å². The highest BCUT2D eigenvalue weighted by Gasteiger charge is 2.56. The molecule has 0 amide bonds. The van der Waals surface area contributed by atoms with E-state index in [4.69, 9.17) is 4.74 Å². The van der Waals surface area contributed by atoms with Crippen molar-refractivity contribution in [3.63, 3.8) is 0 Å². The van der Waals surface area contributed by atoms with E-state index in [0.29, 0.717) is 17.3 Å². The highest BCUT2D eigenvalue weighted by Crippen LogP contribution is 2.64. The lowest BCUT2D eigenvalue weighted by atomic mass is 9.43. The highest BCUT2D eigenvalue weighted by molar-refractivity contribution is 5.67. The van der Waals surface area contributed by atoms with Gasteiger partial charge in [-0.05, 0) is 92.4 Å². The van der Waals surface area contributed by atoms with Crippen LogP contribution < -0.4 is 0 Å². The molecule has 2 heteroatoms. The number of hydrogen-bond acceptors (Lipinski definition) is 2. The Balaban J connectivity index is 1.86. The van der Waals surface area contributed by atoms with E-state index in [0.717, 1.165) is 29.9 Å². The third-order valence-electron chi connectivity index (χ3n) is 9.43. The van der Waals surface area contributed by atoms with E-state index in [2.05, 4.69) is 27.7 Å². The van der Waals surface area contributed by atoms with Crippen LogP contribution in [0.15, 0.2) is 11.8 Å². The Morgan fingerprint density at radius 3 is 2.52 bits per heavy atom. The normalized spacial score (nSPS) is 43.4. The fourth-order valence-corrected chi connectivity index (χ4v) is 7.78. The molecule has 3 fully saturated rings. The predicted molar refractivity (Wildman–Crippen MR) is 112 cm³/mol. The average molecular weight is 375 g/mol. The second-order valence-corrected chi connectivity index (χ2v) is 10.4.